The minimum atomic E-state index is 0.324. The molecule has 0 unspecified atom stereocenters. The van der Waals surface area contributed by atoms with Gasteiger partial charge in [0.1, 0.15) is 0 Å². The highest BCUT2D eigenvalue weighted by Crippen LogP contribution is 2.23. The molecule has 2 heteroatoms. The Bertz CT molecular complexity index is 193. The van der Waals surface area contributed by atoms with E-state index in [9.17, 15) is 0 Å². The quantitative estimate of drug-likeness (QED) is 0.721. The van der Waals surface area contributed by atoms with E-state index in [4.69, 9.17) is 5.73 Å². The fourth-order valence-corrected chi connectivity index (χ4v) is 2.79. The lowest BCUT2D eigenvalue weighted by atomic mass is 9.88. The molecule has 1 fully saturated rings. The molecule has 0 spiro atoms. The highest BCUT2D eigenvalue weighted by molar-refractivity contribution is 4.74. The molecule has 1 aliphatic rings. The molecule has 0 aromatic carbocycles. The Labute approximate surface area is 108 Å². The fourth-order valence-electron chi connectivity index (χ4n) is 2.79. The zero-order valence-corrected chi connectivity index (χ0v) is 12.2. The van der Waals surface area contributed by atoms with Crippen molar-refractivity contribution in [1.82, 2.24) is 4.90 Å². The fraction of sp³-hybridized carbons (Fsp3) is 1.00. The average Bonchev–Trinajstić information content (AvgIpc) is 2.57. The minimum absolute atomic E-state index is 0.324. The van der Waals surface area contributed by atoms with Crippen LogP contribution in [0.25, 0.3) is 0 Å². The third-order valence-electron chi connectivity index (χ3n) is 4.37. The molecule has 102 valence electrons. The molecule has 0 radical (unpaired) electrons. The summed E-state index contributed by atoms with van der Waals surface area (Å²) in [6.45, 7) is 6.60. The van der Waals surface area contributed by atoms with Crippen molar-refractivity contribution in [2.24, 2.45) is 11.1 Å². The van der Waals surface area contributed by atoms with Gasteiger partial charge in [-0.15, -0.1) is 0 Å². The van der Waals surface area contributed by atoms with Gasteiger partial charge in [-0.25, -0.2) is 0 Å². The van der Waals surface area contributed by atoms with Crippen LogP contribution in [0.2, 0.25) is 0 Å². The second-order valence-corrected chi connectivity index (χ2v) is 6.60. The summed E-state index contributed by atoms with van der Waals surface area (Å²) >= 11 is 0. The molecule has 0 saturated heterocycles. The van der Waals surface area contributed by atoms with E-state index in [1.54, 1.807) is 0 Å². The predicted octanol–water partition coefficient (Wildman–Crippen LogP) is 3.41. The van der Waals surface area contributed by atoms with Crippen LogP contribution in [0, 0.1) is 5.41 Å². The van der Waals surface area contributed by atoms with Crippen LogP contribution in [0.15, 0.2) is 0 Å². The first kappa shape index (κ1) is 15.0. The van der Waals surface area contributed by atoms with Crippen molar-refractivity contribution in [1.29, 1.82) is 0 Å². The molecule has 0 amide bonds. The van der Waals surface area contributed by atoms with Crippen LogP contribution in [-0.2, 0) is 0 Å². The number of nitrogens with two attached hydrogens (primary N) is 1. The van der Waals surface area contributed by atoms with Crippen LogP contribution in [0.1, 0.15) is 65.2 Å². The molecular weight excluding hydrogens is 208 g/mol. The Morgan fingerprint density at radius 2 is 1.71 bits per heavy atom. The molecule has 0 bridgehead atoms. The lowest BCUT2D eigenvalue weighted by molar-refractivity contribution is 0.204. The van der Waals surface area contributed by atoms with Gasteiger partial charge in [-0.1, -0.05) is 39.5 Å². The predicted molar refractivity (Wildman–Crippen MR) is 76.2 cm³/mol. The van der Waals surface area contributed by atoms with Gasteiger partial charge in [0.25, 0.3) is 0 Å². The summed E-state index contributed by atoms with van der Waals surface area (Å²) < 4.78 is 0. The van der Waals surface area contributed by atoms with E-state index >= 15 is 0 Å². The topological polar surface area (TPSA) is 29.3 Å². The molecule has 0 atom stereocenters. The zero-order valence-electron chi connectivity index (χ0n) is 12.2. The van der Waals surface area contributed by atoms with Crippen molar-refractivity contribution in [2.45, 2.75) is 71.3 Å². The SMILES string of the molecule is CN(CCCC(C)(C)CN)C1CCCCCC1. The Hall–Kier alpha value is -0.0800. The second-order valence-electron chi connectivity index (χ2n) is 6.60. The Kier molecular flexibility index (Phi) is 6.50. The summed E-state index contributed by atoms with van der Waals surface area (Å²) in [5.41, 5.74) is 6.10. The Balaban J connectivity index is 2.21. The van der Waals surface area contributed by atoms with Gasteiger partial charge < -0.3 is 10.6 Å². The third-order valence-corrected chi connectivity index (χ3v) is 4.37. The number of hydrogen-bond acceptors (Lipinski definition) is 2. The van der Waals surface area contributed by atoms with Gasteiger partial charge in [0.15, 0.2) is 0 Å². The standard InChI is InChI=1S/C15H32N2/c1-15(2,13-16)11-8-12-17(3)14-9-6-4-5-7-10-14/h14H,4-13,16H2,1-3H3. The van der Waals surface area contributed by atoms with Crippen LogP contribution >= 0.6 is 0 Å². The van der Waals surface area contributed by atoms with E-state index in [1.807, 2.05) is 0 Å². The molecule has 0 aromatic heterocycles. The highest BCUT2D eigenvalue weighted by Gasteiger charge is 2.18. The summed E-state index contributed by atoms with van der Waals surface area (Å²) in [5.74, 6) is 0. The van der Waals surface area contributed by atoms with Crippen molar-refractivity contribution >= 4 is 0 Å². The van der Waals surface area contributed by atoms with E-state index in [-0.39, 0.29) is 0 Å². The number of nitrogens with zero attached hydrogens (tertiary/aromatic N) is 1. The first-order chi connectivity index (χ1) is 8.05. The molecular formula is C15H32N2. The number of rotatable bonds is 6. The van der Waals surface area contributed by atoms with Gasteiger partial charge in [0, 0.05) is 6.04 Å². The van der Waals surface area contributed by atoms with Crippen LogP contribution in [0.5, 0.6) is 0 Å². The van der Waals surface area contributed by atoms with E-state index in [2.05, 4.69) is 25.8 Å². The van der Waals surface area contributed by atoms with E-state index in [0.29, 0.717) is 5.41 Å². The molecule has 17 heavy (non-hydrogen) atoms. The largest absolute Gasteiger partial charge is 0.330 e. The van der Waals surface area contributed by atoms with E-state index in [1.165, 1.54) is 57.9 Å². The van der Waals surface area contributed by atoms with Gasteiger partial charge >= 0.3 is 0 Å². The van der Waals surface area contributed by atoms with Gasteiger partial charge in [0.2, 0.25) is 0 Å². The molecule has 2 N–H and O–H groups in total. The maximum atomic E-state index is 5.77. The van der Waals surface area contributed by atoms with Crippen LogP contribution < -0.4 is 5.73 Å². The lowest BCUT2D eigenvalue weighted by Gasteiger charge is -2.29. The molecule has 1 aliphatic carbocycles. The van der Waals surface area contributed by atoms with Crippen LogP contribution in [-0.4, -0.2) is 31.1 Å². The lowest BCUT2D eigenvalue weighted by Crippen LogP contribution is -2.33. The summed E-state index contributed by atoms with van der Waals surface area (Å²) in [6.07, 6.45) is 11.1. The number of hydrogen-bond donors (Lipinski definition) is 1. The highest BCUT2D eigenvalue weighted by atomic mass is 15.1. The molecule has 0 aromatic rings. The summed E-state index contributed by atoms with van der Waals surface area (Å²) in [6, 6.07) is 0.846. The minimum Gasteiger partial charge on any atom is -0.330 e. The smallest absolute Gasteiger partial charge is 0.00922 e. The van der Waals surface area contributed by atoms with Crippen molar-refractivity contribution in [3.05, 3.63) is 0 Å². The van der Waals surface area contributed by atoms with Crippen LogP contribution in [0.4, 0.5) is 0 Å². The maximum Gasteiger partial charge on any atom is 0.00922 e. The third kappa shape index (κ3) is 5.87. The van der Waals surface area contributed by atoms with Crippen molar-refractivity contribution in [3.63, 3.8) is 0 Å². The molecule has 1 rings (SSSR count). The first-order valence-corrected chi connectivity index (χ1v) is 7.45. The van der Waals surface area contributed by atoms with Crippen molar-refractivity contribution in [2.75, 3.05) is 20.1 Å². The summed E-state index contributed by atoms with van der Waals surface area (Å²) in [5, 5.41) is 0. The Morgan fingerprint density at radius 1 is 1.12 bits per heavy atom. The monoisotopic (exact) mass is 240 g/mol. The van der Waals surface area contributed by atoms with Gasteiger partial charge in [0.05, 0.1) is 0 Å². The molecule has 0 aliphatic heterocycles. The Morgan fingerprint density at radius 3 is 2.24 bits per heavy atom. The zero-order chi connectivity index (χ0) is 12.7. The average molecular weight is 240 g/mol. The molecule has 2 nitrogen and oxygen atoms in total. The normalized spacial score (nSPS) is 19.6. The van der Waals surface area contributed by atoms with E-state index in [0.717, 1.165) is 12.6 Å². The van der Waals surface area contributed by atoms with Crippen molar-refractivity contribution < 1.29 is 0 Å². The van der Waals surface area contributed by atoms with Gasteiger partial charge in [-0.05, 0) is 51.2 Å². The second kappa shape index (κ2) is 7.38. The molecule has 1 saturated carbocycles. The summed E-state index contributed by atoms with van der Waals surface area (Å²) in [7, 11) is 2.31. The van der Waals surface area contributed by atoms with Crippen molar-refractivity contribution in [3.8, 4) is 0 Å². The van der Waals surface area contributed by atoms with Crippen LogP contribution in [0.3, 0.4) is 0 Å². The first-order valence-electron chi connectivity index (χ1n) is 7.45. The maximum absolute atomic E-state index is 5.77. The van der Waals surface area contributed by atoms with Gasteiger partial charge in [-0.3, -0.25) is 0 Å². The van der Waals surface area contributed by atoms with E-state index < -0.39 is 0 Å². The van der Waals surface area contributed by atoms with Gasteiger partial charge in [-0.2, -0.15) is 0 Å². The molecule has 0 heterocycles. The summed E-state index contributed by atoms with van der Waals surface area (Å²) in [4.78, 5) is 2.60.